The van der Waals surface area contributed by atoms with Crippen molar-refractivity contribution in [1.29, 1.82) is 0 Å². The molecule has 3 heteroatoms. The summed E-state index contributed by atoms with van der Waals surface area (Å²) >= 11 is 0. The summed E-state index contributed by atoms with van der Waals surface area (Å²) in [6.45, 7) is 4.45. The number of carbonyl (C=O) groups is 1. The maximum absolute atomic E-state index is 11.5. The summed E-state index contributed by atoms with van der Waals surface area (Å²) in [4.78, 5) is 13.5. The lowest BCUT2D eigenvalue weighted by molar-refractivity contribution is -0.131. The van der Waals surface area contributed by atoms with Gasteiger partial charge in [0.05, 0.1) is 0 Å². The number of nitrogens with two attached hydrogens (primary N) is 1. The second-order valence-electron chi connectivity index (χ2n) is 3.82. The van der Waals surface area contributed by atoms with Crippen LogP contribution in [-0.4, -0.2) is 30.4 Å². The molecule has 1 amide bonds. The molecule has 0 bridgehead atoms. The zero-order valence-corrected chi connectivity index (χ0v) is 8.46. The first kappa shape index (κ1) is 10.5. The first-order valence-electron chi connectivity index (χ1n) is 5.25. The first-order chi connectivity index (χ1) is 6.27. The van der Waals surface area contributed by atoms with Crippen LogP contribution in [0.15, 0.2) is 0 Å². The van der Waals surface area contributed by atoms with Crippen molar-refractivity contribution in [2.75, 3.05) is 19.6 Å². The number of hydrogen-bond donors (Lipinski definition) is 1. The molecule has 0 aromatic rings. The molecule has 0 radical (unpaired) electrons. The highest BCUT2D eigenvalue weighted by Crippen LogP contribution is 2.29. The summed E-state index contributed by atoms with van der Waals surface area (Å²) < 4.78 is 0. The second-order valence-corrected chi connectivity index (χ2v) is 3.82. The minimum Gasteiger partial charge on any atom is -0.342 e. The van der Waals surface area contributed by atoms with Crippen LogP contribution in [0.3, 0.4) is 0 Å². The first-order valence-corrected chi connectivity index (χ1v) is 5.25. The van der Waals surface area contributed by atoms with Crippen molar-refractivity contribution in [3.8, 4) is 0 Å². The standard InChI is InChI=1S/C10H20N2O/c1-2-7-12(8-9-3-4-9)10(13)5-6-11/h9H,2-8,11H2,1H3. The Kier molecular flexibility index (Phi) is 4.22. The van der Waals surface area contributed by atoms with Crippen molar-refractivity contribution in [3.05, 3.63) is 0 Å². The predicted molar refractivity (Wildman–Crippen MR) is 53.3 cm³/mol. The zero-order valence-electron chi connectivity index (χ0n) is 8.46. The largest absolute Gasteiger partial charge is 0.342 e. The van der Waals surface area contributed by atoms with E-state index in [0.29, 0.717) is 13.0 Å². The Morgan fingerprint density at radius 1 is 1.54 bits per heavy atom. The Morgan fingerprint density at radius 2 is 2.23 bits per heavy atom. The lowest BCUT2D eigenvalue weighted by atomic mass is 10.3. The molecule has 1 aliphatic carbocycles. The number of carbonyl (C=O) groups excluding carboxylic acids is 1. The van der Waals surface area contributed by atoms with Crippen molar-refractivity contribution in [3.63, 3.8) is 0 Å². The summed E-state index contributed by atoms with van der Waals surface area (Å²) in [7, 11) is 0. The van der Waals surface area contributed by atoms with E-state index in [0.717, 1.165) is 25.4 Å². The van der Waals surface area contributed by atoms with E-state index in [-0.39, 0.29) is 5.91 Å². The van der Waals surface area contributed by atoms with Crippen LogP contribution in [0.5, 0.6) is 0 Å². The van der Waals surface area contributed by atoms with Gasteiger partial charge >= 0.3 is 0 Å². The van der Waals surface area contributed by atoms with Gasteiger partial charge in [-0.25, -0.2) is 0 Å². The molecule has 0 aliphatic heterocycles. The quantitative estimate of drug-likeness (QED) is 0.669. The highest BCUT2D eigenvalue weighted by atomic mass is 16.2. The second kappa shape index (κ2) is 5.22. The van der Waals surface area contributed by atoms with E-state index in [4.69, 9.17) is 5.73 Å². The van der Waals surface area contributed by atoms with Gasteiger partial charge in [-0.15, -0.1) is 0 Å². The maximum Gasteiger partial charge on any atom is 0.223 e. The Hall–Kier alpha value is -0.570. The van der Waals surface area contributed by atoms with Gasteiger partial charge < -0.3 is 10.6 Å². The normalized spacial score (nSPS) is 15.8. The third-order valence-electron chi connectivity index (χ3n) is 2.38. The Bertz CT molecular complexity index is 166. The van der Waals surface area contributed by atoms with Gasteiger partial charge in [-0.1, -0.05) is 6.92 Å². The van der Waals surface area contributed by atoms with E-state index in [1.165, 1.54) is 12.8 Å². The van der Waals surface area contributed by atoms with Crippen molar-refractivity contribution >= 4 is 5.91 Å². The third kappa shape index (κ3) is 3.77. The smallest absolute Gasteiger partial charge is 0.223 e. The summed E-state index contributed by atoms with van der Waals surface area (Å²) in [6, 6.07) is 0. The number of rotatable bonds is 6. The molecule has 76 valence electrons. The molecule has 0 atom stereocenters. The van der Waals surface area contributed by atoms with E-state index >= 15 is 0 Å². The van der Waals surface area contributed by atoms with Crippen molar-refractivity contribution in [2.24, 2.45) is 11.7 Å². The van der Waals surface area contributed by atoms with Crippen LogP contribution in [0.1, 0.15) is 32.6 Å². The van der Waals surface area contributed by atoms with Crippen LogP contribution in [0.25, 0.3) is 0 Å². The minimum absolute atomic E-state index is 0.233. The van der Waals surface area contributed by atoms with Gasteiger partial charge in [0.1, 0.15) is 0 Å². The average molecular weight is 184 g/mol. The fraction of sp³-hybridized carbons (Fsp3) is 0.900. The van der Waals surface area contributed by atoms with Gasteiger partial charge in [-0.05, 0) is 25.2 Å². The molecule has 0 spiro atoms. The Balaban J connectivity index is 2.29. The van der Waals surface area contributed by atoms with E-state index < -0.39 is 0 Å². The van der Waals surface area contributed by atoms with Gasteiger partial charge in [0, 0.05) is 26.1 Å². The van der Waals surface area contributed by atoms with Crippen LogP contribution in [-0.2, 0) is 4.79 Å². The average Bonchev–Trinajstić information content (AvgIpc) is 2.88. The van der Waals surface area contributed by atoms with Crippen LogP contribution in [0.4, 0.5) is 0 Å². The monoisotopic (exact) mass is 184 g/mol. The molecule has 3 nitrogen and oxygen atoms in total. The van der Waals surface area contributed by atoms with Gasteiger partial charge in [0.15, 0.2) is 0 Å². The van der Waals surface area contributed by atoms with Crippen LogP contribution >= 0.6 is 0 Å². The van der Waals surface area contributed by atoms with Gasteiger partial charge in [-0.3, -0.25) is 4.79 Å². The molecule has 13 heavy (non-hydrogen) atoms. The van der Waals surface area contributed by atoms with Gasteiger partial charge in [0.2, 0.25) is 5.91 Å². The van der Waals surface area contributed by atoms with Crippen molar-refractivity contribution in [1.82, 2.24) is 4.90 Å². The highest BCUT2D eigenvalue weighted by Gasteiger charge is 2.25. The topological polar surface area (TPSA) is 46.3 Å². The van der Waals surface area contributed by atoms with E-state index in [1.807, 2.05) is 4.90 Å². The Morgan fingerprint density at radius 3 is 2.69 bits per heavy atom. The van der Waals surface area contributed by atoms with Crippen molar-refractivity contribution in [2.45, 2.75) is 32.6 Å². The lowest BCUT2D eigenvalue weighted by Crippen LogP contribution is -2.34. The number of nitrogens with zero attached hydrogens (tertiary/aromatic N) is 1. The third-order valence-corrected chi connectivity index (χ3v) is 2.38. The molecule has 1 saturated carbocycles. The SMILES string of the molecule is CCCN(CC1CC1)C(=O)CCN. The van der Waals surface area contributed by atoms with E-state index in [1.54, 1.807) is 0 Å². The molecule has 2 N–H and O–H groups in total. The summed E-state index contributed by atoms with van der Waals surface area (Å²) in [5, 5.41) is 0. The molecule has 0 unspecified atom stereocenters. The van der Waals surface area contributed by atoms with E-state index in [2.05, 4.69) is 6.92 Å². The van der Waals surface area contributed by atoms with Crippen LogP contribution < -0.4 is 5.73 Å². The minimum atomic E-state index is 0.233. The molecular weight excluding hydrogens is 164 g/mol. The maximum atomic E-state index is 11.5. The Labute approximate surface area is 80.3 Å². The fourth-order valence-electron chi connectivity index (χ4n) is 1.48. The van der Waals surface area contributed by atoms with Gasteiger partial charge in [-0.2, -0.15) is 0 Å². The van der Waals surface area contributed by atoms with E-state index in [9.17, 15) is 4.79 Å². The molecule has 0 saturated heterocycles. The van der Waals surface area contributed by atoms with Crippen molar-refractivity contribution < 1.29 is 4.79 Å². The van der Waals surface area contributed by atoms with Crippen LogP contribution in [0, 0.1) is 5.92 Å². The molecule has 1 rings (SSSR count). The fourth-order valence-corrected chi connectivity index (χ4v) is 1.48. The molecular formula is C10H20N2O. The molecule has 1 aliphatic rings. The number of hydrogen-bond acceptors (Lipinski definition) is 2. The predicted octanol–water partition coefficient (Wildman–Crippen LogP) is 0.984. The lowest BCUT2D eigenvalue weighted by Gasteiger charge is -2.21. The summed E-state index contributed by atoms with van der Waals surface area (Å²) in [5.41, 5.74) is 5.36. The zero-order chi connectivity index (χ0) is 9.68. The molecule has 0 heterocycles. The molecule has 0 aromatic carbocycles. The molecule has 1 fully saturated rings. The van der Waals surface area contributed by atoms with Crippen LogP contribution in [0.2, 0.25) is 0 Å². The van der Waals surface area contributed by atoms with Gasteiger partial charge in [0.25, 0.3) is 0 Å². The number of amides is 1. The summed E-state index contributed by atoms with van der Waals surface area (Å²) in [6.07, 6.45) is 4.15. The highest BCUT2D eigenvalue weighted by molar-refractivity contribution is 5.76. The summed E-state index contributed by atoms with van der Waals surface area (Å²) in [5.74, 6) is 1.02. The molecule has 0 aromatic heterocycles.